The van der Waals surface area contributed by atoms with Crippen molar-refractivity contribution in [2.75, 3.05) is 12.3 Å². The Morgan fingerprint density at radius 3 is 2.58 bits per heavy atom. The Balaban J connectivity index is 1.82. The number of hydrogen-bond acceptors (Lipinski definition) is 5. The summed E-state index contributed by atoms with van der Waals surface area (Å²) in [5.74, 6) is -0.796. The van der Waals surface area contributed by atoms with Crippen LogP contribution < -0.4 is 11.1 Å². The van der Waals surface area contributed by atoms with Gasteiger partial charge in [0, 0.05) is 12.1 Å². The van der Waals surface area contributed by atoms with Gasteiger partial charge in [-0.2, -0.15) is 0 Å². The lowest BCUT2D eigenvalue weighted by Crippen LogP contribution is -2.36. The highest BCUT2D eigenvalue weighted by Gasteiger charge is 2.23. The summed E-state index contributed by atoms with van der Waals surface area (Å²) in [5, 5.41) is 22.2. The lowest BCUT2D eigenvalue weighted by molar-refractivity contribution is 0.0165. The Morgan fingerprint density at radius 2 is 1.88 bits per heavy atom. The fourth-order valence-electron chi connectivity index (χ4n) is 2.08. The second-order valence-corrected chi connectivity index (χ2v) is 5.21. The molecule has 2 aromatic rings. The fourth-order valence-corrected chi connectivity index (χ4v) is 2.08. The summed E-state index contributed by atoms with van der Waals surface area (Å²) in [6.45, 7) is -0.224. The van der Waals surface area contributed by atoms with E-state index in [0.29, 0.717) is 0 Å². The molecule has 1 amide bonds. The number of halogens is 1. The monoisotopic (exact) mass is 334 g/mol. The molecule has 2 rings (SSSR count). The van der Waals surface area contributed by atoms with Crippen LogP contribution in [0.3, 0.4) is 0 Å². The van der Waals surface area contributed by atoms with Crippen molar-refractivity contribution in [1.82, 2.24) is 5.32 Å². The van der Waals surface area contributed by atoms with E-state index in [9.17, 15) is 19.4 Å². The Labute approximate surface area is 138 Å². The van der Waals surface area contributed by atoms with Gasteiger partial charge in [0.1, 0.15) is 18.8 Å². The number of carbonyl (C=O) groups excluding carboxylic acids is 1. The summed E-state index contributed by atoms with van der Waals surface area (Å²) in [6, 6.07) is 13.2. The van der Waals surface area contributed by atoms with E-state index in [1.165, 1.54) is 18.2 Å². The molecule has 0 aliphatic heterocycles. The average Bonchev–Trinajstić information content (AvgIpc) is 2.60. The number of alkyl carbamates (subject to hydrolysis) is 1. The maximum atomic E-state index is 13.8. The maximum absolute atomic E-state index is 13.8. The summed E-state index contributed by atoms with van der Waals surface area (Å²) in [7, 11) is 0. The molecule has 0 aliphatic rings. The van der Waals surface area contributed by atoms with Gasteiger partial charge in [-0.15, -0.1) is 0 Å². The first kappa shape index (κ1) is 17.7. The normalized spacial score (nSPS) is 13.1. The first-order valence-corrected chi connectivity index (χ1v) is 7.33. The van der Waals surface area contributed by atoms with Crippen LogP contribution in [-0.2, 0) is 11.3 Å². The molecule has 0 fully saturated rings. The van der Waals surface area contributed by atoms with Crippen molar-refractivity contribution in [2.24, 2.45) is 0 Å². The fraction of sp³-hybridized carbons (Fsp3) is 0.235. The van der Waals surface area contributed by atoms with Crippen LogP contribution in [0, 0.1) is 5.82 Å². The van der Waals surface area contributed by atoms with Crippen molar-refractivity contribution in [3.8, 4) is 0 Å². The minimum absolute atomic E-state index is 0.0785. The predicted octanol–water partition coefficient (Wildman–Crippen LogP) is 1.73. The number of aliphatic hydroxyl groups excluding tert-OH is 2. The van der Waals surface area contributed by atoms with E-state index in [0.717, 1.165) is 5.56 Å². The minimum Gasteiger partial charge on any atom is -0.445 e. The molecule has 6 nitrogen and oxygen atoms in total. The van der Waals surface area contributed by atoms with E-state index in [-0.39, 0.29) is 24.4 Å². The lowest BCUT2D eigenvalue weighted by atomic mass is 10.0. The van der Waals surface area contributed by atoms with Crippen molar-refractivity contribution in [3.05, 3.63) is 65.5 Å². The van der Waals surface area contributed by atoms with Gasteiger partial charge < -0.3 is 26.0 Å². The number of rotatable bonds is 6. The van der Waals surface area contributed by atoms with Crippen LogP contribution in [0.4, 0.5) is 14.9 Å². The van der Waals surface area contributed by atoms with Crippen LogP contribution in [0.1, 0.15) is 17.2 Å². The Morgan fingerprint density at radius 1 is 1.17 bits per heavy atom. The number of hydrogen-bond donors (Lipinski definition) is 4. The second-order valence-electron chi connectivity index (χ2n) is 5.21. The topological polar surface area (TPSA) is 105 Å². The molecule has 24 heavy (non-hydrogen) atoms. The maximum Gasteiger partial charge on any atom is 0.407 e. The van der Waals surface area contributed by atoms with Crippen LogP contribution >= 0.6 is 0 Å². The highest BCUT2D eigenvalue weighted by atomic mass is 19.1. The predicted molar refractivity (Wildman–Crippen MR) is 86.4 cm³/mol. The van der Waals surface area contributed by atoms with E-state index in [1.54, 1.807) is 12.1 Å². The van der Waals surface area contributed by atoms with E-state index in [2.05, 4.69) is 5.32 Å². The summed E-state index contributed by atoms with van der Waals surface area (Å²) in [4.78, 5) is 11.6. The third-order valence-corrected chi connectivity index (χ3v) is 3.41. The molecule has 5 N–H and O–H groups in total. The van der Waals surface area contributed by atoms with Crippen LogP contribution in [0.5, 0.6) is 0 Å². The van der Waals surface area contributed by atoms with Gasteiger partial charge >= 0.3 is 6.09 Å². The molecular weight excluding hydrogens is 315 g/mol. The molecule has 0 heterocycles. The molecule has 0 aromatic heterocycles. The standard InChI is InChI=1S/C17H19FN2O4/c18-15-12(7-4-8-13(15)19)16(22)14(21)9-20-17(23)24-10-11-5-2-1-3-6-11/h1-8,14,16,21-22H,9-10,19H2,(H,20,23). The van der Waals surface area contributed by atoms with Gasteiger partial charge in [0.05, 0.1) is 5.69 Å². The van der Waals surface area contributed by atoms with Crippen molar-refractivity contribution >= 4 is 11.8 Å². The molecule has 0 saturated heterocycles. The Bertz CT molecular complexity index is 682. The number of benzene rings is 2. The molecular formula is C17H19FN2O4. The lowest BCUT2D eigenvalue weighted by Gasteiger charge is -2.19. The summed E-state index contributed by atoms with van der Waals surface area (Å²) in [5.41, 5.74) is 5.97. The molecule has 0 saturated carbocycles. The van der Waals surface area contributed by atoms with E-state index in [4.69, 9.17) is 10.5 Å². The van der Waals surface area contributed by atoms with Crippen LogP contribution in [0.2, 0.25) is 0 Å². The van der Waals surface area contributed by atoms with Gasteiger partial charge in [-0.25, -0.2) is 9.18 Å². The number of carbonyl (C=O) groups is 1. The highest BCUT2D eigenvalue weighted by Crippen LogP contribution is 2.23. The minimum atomic E-state index is -1.53. The zero-order valence-electron chi connectivity index (χ0n) is 12.9. The van der Waals surface area contributed by atoms with Gasteiger partial charge in [0.25, 0.3) is 0 Å². The summed E-state index contributed by atoms with van der Waals surface area (Å²) < 4.78 is 18.8. The largest absolute Gasteiger partial charge is 0.445 e. The van der Waals surface area contributed by atoms with Crippen molar-refractivity contribution < 1.29 is 24.1 Å². The van der Waals surface area contributed by atoms with Gasteiger partial charge in [-0.1, -0.05) is 42.5 Å². The van der Waals surface area contributed by atoms with Gasteiger partial charge in [-0.3, -0.25) is 0 Å². The van der Waals surface area contributed by atoms with Gasteiger partial charge in [0.15, 0.2) is 5.82 Å². The summed E-state index contributed by atoms with van der Waals surface area (Å²) in [6.07, 6.45) is -3.69. The van der Waals surface area contributed by atoms with E-state index < -0.39 is 24.1 Å². The van der Waals surface area contributed by atoms with Crippen LogP contribution in [0.15, 0.2) is 48.5 Å². The molecule has 7 heteroatoms. The highest BCUT2D eigenvalue weighted by molar-refractivity contribution is 5.67. The van der Waals surface area contributed by atoms with E-state index in [1.807, 2.05) is 18.2 Å². The molecule has 0 aliphatic carbocycles. The van der Waals surface area contributed by atoms with E-state index >= 15 is 0 Å². The third kappa shape index (κ3) is 4.68. The van der Waals surface area contributed by atoms with Crippen molar-refractivity contribution in [3.63, 3.8) is 0 Å². The smallest absolute Gasteiger partial charge is 0.407 e. The quantitative estimate of drug-likeness (QED) is 0.602. The zero-order valence-corrected chi connectivity index (χ0v) is 12.9. The number of aliphatic hydroxyl groups is 2. The summed E-state index contributed by atoms with van der Waals surface area (Å²) >= 11 is 0. The van der Waals surface area contributed by atoms with Gasteiger partial charge in [0.2, 0.25) is 0 Å². The first-order chi connectivity index (χ1) is 11.5. The number of nitrogens with one attached hydrogen (secondary N) is 1. The molecule has 0 radical (unpaired) electrons. The molecule has 128 valence electrons. The van der Waals surface area contributed by atoms with Crippen molar-refractivity contribution in [1.29, 1.82) is 0 Å². The molecule has 2 unspecified atom stereocenters. The molecule has 2 aromatic carbocycles. The Hall–Kier alpha value is -2.64. The average molecular weight is 334 g/mol. The van der Waals surface area contributed by atoms with Crippen LogP contribution in [-0.4, -0.2) is 29.0 Å². The first-order valence-electron chi connectivity index (χ1n) is 7.33. The molecule has 0 spiro atoms. The number of anilines is 1. The Kier molecular flexibility index (Phi) is 6.11. The van der Waals surface area contributed by atoms with Crippen LogP contribution in [0.25, 0.3) is 0 Å². The number of amides is 1. The molecule has 2 atom stereocenters. The number of nitrogen functional groups attached to an aromatic ring is 1. The number of nitrogens with two attached hydrogens (primary N) is 1. The zero-order chi connectivity index (χ0) is 17.5. The van der Waals surface area contributed by atoms with Crippen molar-refractivity contribution in [2.45, 2.75) is 18.8 Å². The SMILES string of the molecule is Nc1cccc(C(O)C(O)CNC(=O)OCc2ccccc2)c1F. The number of ether oxygens (including phenoxy) is 1. The molecule has 0 bridgehead atoms. The second kappa shape index (κ2) is 8.28. The third-order valence-electron chi connectivity index (χ3n) is 3.41. The van der Waals surface area contributed by atoms with Gasteiger partial charge in [-0.05, 0) is 11.6 Å².